The van der Waals surface area contributed by atoms with E-state index in [1.165, 1.54) is 6.92 Å². The van der Waals surface area contributed by atoms with E-state index < -0.39 is 11.7 Å². The third-order valence-corrected chi connectivity index (χ3v) is 1.66. The zero-order valence-corrected chi connectivity index (χ0v) is 5.83. The fourth-order valence-corrected chi connectivity index (χ4v) is 0.539. The summed E-state index contributed by atoms with van der Waals surface area (Å²) in [5, 5.41) is 26.6. The van der Waals surface area contributed by atoms with Crippen LogP contribution >= 0.6 is 0 Å². The molecule has 0 fully saturated rings. The van der Waals surface area contributed by atoms with Crippen LogP contribution in [0.1, 0.15) is 20.3 Å². The first-order chi connectivity index (χ1) is 4.06. The van der Waals surface area contributed by atoms with Crippen molar-refractivity contribution >= 4 is 0 Å². The van der Waals surface area contributed by atoms with Crippen LogP contribution < -0.4 is 0 Å². The number of rotatable bonds is 3. The lowest BCUT2D eigenvalue weighted by Gasteiger charge is -2.26. The maximum absolute atomic E-state index is 9.21. The Morgan fingerprint density at radius 2 is 2.00 bits per heavy atom. The molecule has 0 aliphatic heterocycles. The van der Waals surface area contributed by atoms with Gasteiger partial charge in [0.05, 0.1) is 12.7 Å². The van der Waals surface area contributed by atoms with Gasteiger partial charge in [0.25, 0.3) is 0 Å². The van der Waals surface area contributed by atoms with Gasteiger partial charge >= 0.3 is 0 Å². The van der Waals surface area contributed by atoms with E-state index in [1.807, 2.05) is 0 Å². The van der Waals surface area contributed by atoms with Crippen molar-refractivity contribution in [1.29, 1.82) is 0 Å². The molecule has 0 aromatic heterocycles. The Morgan fingerprint density at radius 1 is 1.56 bits per heavy atom. The molecule has 0 aliphatic rings. The third kappa shape index (κ3) is 1.93. The second-order valence-electron chi connectivity index (χ2n) is 2.29. The first-order valence-corrected chi connectivity index (χ1v) is 3.08. The summed E-state index contributed by atoms with van der Waals surface area (Å²) in [5.74, 6) is 0. The van der Waals surface area contributed by atoms with Gasteiger partial charge in [0.15, 0.2) is 0 Å². The summed E-state index contributed by atoms with van der Waals surface area (Å²) in [4.78, 5) is 0. The first kappa shape index (κ1) is 8.88. The predicted octanol–water partition coefficient (Wildman–Crippen LogP) is -0.499. The summed E-state index contributed by atoms with van der Waals surface area (Å²) in [6, 6.07) is 0. The van der Waals surface area contributed by atoms with E-state index in [-0.39, 0.29) is 6.61 Å². The summed E-state index contributed by atoms with van der Waals surface area (Å²) in [5.41, 5.74) is -1.31. The van der Waals surface area contributed by atoms with Gasteiger partial charge in [-0.1, -0.05) is 6.92 Å². The van der Waals surface area contributed by atoms with Crippen LogP contribution in [-0.2, 0) is 0 Å². The van der Waals surface area contributed by atoms with Crippen LogP contribution in [0.3, 0.4) is 0 Å². The van der Waals surface area contributed by atoms with Crippen LogP contribution in [0.2, 0.25) is 0 Å². The van der Waals surface area contributed by atoms with E-state index in [9.17, 15) is 5.11 Å². The lowest BCUT2D eigenvalue weighted by Crippen LogP contribution is -2.43. The zero-order chi connectivity index (χ0) is 7.49. The van der Waals surface area contributed by atoms with Crippen molar-refractivity contribution in [2.24, 2.45) is 0 Å². The maximum atomic E-state index is 9.21. The highest BCUT2D eigenvalue weighted by molar-refractivity contribution is 4.80. The summed E-state index contributed by atoms with van der Waals surface area (Å²) >= 11 is 0. The number of aliphatic hydroxyl groups is 3. The van der Waals surface area contributed by atoms with Gasteiger partial charge in [-0.05, 0) is 13.3 Å². The molecule has 3 heteroatoms. The fraction of sp³-hybridized carbons (Fsp3) is 1.00. The van der Waals surface area contributed by atoms with E-state index in [4.69, 9.17) is 10.2 Å². The minimum absolute atomic E-state index is 0.362. The van der Waals surface area contributed by atoms with E-state index in [0.29, 0.717) is 6.42 Å². The van der Waals surface area contributed by atoms with Crippen molar-refractivity contribution in [2.45, 2.75) is 32.0 Å². The summed E-state index contributed by atoms with van der Waals surface area (Å²) < 4.78 is 0. The molecule has 0 radical (unpaired) electrons. The molecule has 0 aromatic carbocycles. The Kier molecular flexibility index (Phi) is 3.11. The van der Waals surface area contributed by atoms with E-state index in [2.05, 4.69) is 0 Å². The molecular formula is C6H14O3. The van der Waals surface area contributed by atoms with Gasteiger partial charge < -0.3 is 15.3 Å². The highest BCUT2D eigenvalue weighted by Gasteiger charge is 2.29. The molecule has 0 bridgehead atoms. The Morgan fingerprint density at radius 3 is 2.00 bits per heavy atom. The van der Waals surface area contributed by atoms with Gasteiger partial charge in [-0.25, -0.2) is 0 Å². The molecule has 0 amide bonds. The largest absolute Gasteiger partial charge is 0.393 e. The lowest BCUT2D eigenvalue weighted by molar-refractivity contribution is -0.0991. The molecule has 0 aromatic rings. The first-order valence-electron chi connectivity index (χ1n) is 3.08. The highest BCUT2D eigenvalue weighted by Crippen LogP contribution is 2.13. The monoisotopic (exact) mass is 134 g/mol. The molecule has 9 heavy (non-hydrogen) atoms. The van der Waals surface area contributed by atoms with Gasteiger partial charge in [0.1, 0.15) is 5.60 Å². The Labute approximate surface area is 54.9 Å². The van der Waals surface area contributed by atoms with Crippen molar-refractivity contribution in [3.63, 3.8) is 0 Å². The number of hydrogen-bond donors (Lipinski definition) is 3. The second-order valence-corrected chi connectivity index (χ2v) is 2.29. The SMILES string of the molecule is CCC(O)(CO)C(C)O. The Bertz CT molecular complexity index is 76.4. The molecule has 0 saturated carbocycles. The van der Waals surface area contributed by atoms with Gasteiger partial charge in [-0.15, -0.1) is 0 Å². The minimum Gasteiger partial charge on any atom is -0.393 e. The normalized spacial score (nSPS) is 21.0. The third-order valence-electron chi connectivity index (χ3n) is 1.66. The molecule has 3 N–H and O–H groups in total. The summed E-state index contributed by atoms with van der Waals surface area (Å²) in [7, 11) is 0. The molecular weight excluding hydrogens is 120 g/mol. The quantitative estimate of drug-likeness (QED) is 0.487. The van der Waals surface area contributed by atoms with Crippen LogP contribution in [0.15, 0.2) is 0 Å². The molecule has 0 spiro atoms. The minimum atomic E-state index is -1.31. The molecule has 0 heterocycles. The van der Waals surface area contributed by atoms with Crippen LogP contribution in [0, 0.1) is 0 Å². The second kappa shape index (κ2) is 3.15. The van der Waals surface area contributed by atoms with Gasteiger partial charge in [0.2, 0.25) is 0 Å². The lowest BCUT2D eigenvalue weighted by atomic mass is 9.96. The number of aliphatic hydroxyl groups excluding tert-OH is 2. The van der Waals surface area contributed by atoms with Crippen LogP contribution in [0.5, 0.6) is 0 Å². The van der Waals surface area contributed by atoms with Crippen molar-refractivity contribution in [2.75, 3.05) is 6.61 Å². The van der Waals surface area contributed by atoms with Gasteiger partial charge in [0, 0.05) is 0 Å². The Hall–Kier alpha value is -0.120. The summed E-state index contributed by atoms with van der Waals surface area (Å²) in [6.07, 6.45) is -0.506. The van der Waals surface area contributed by atoms with Gasteiger partial charge in [-0.3, -0.25) is 0 Å². The van der Waals surface area contributed by atoms with Crippen molar-refractivity contribution in [1.82, 2.24) is 0 Å². The van der Waals surface area contributed by atoms with E-state index in [1.54, 1.807) is 6.92 Å². The van der Waals surface area contributed by atoms with Crippen molar-refractivity contribution in [3.8, 4) is 0 Å². The van der Waals surface area contributed by atoms with Crippen molar-refractivity contribution in [3.05, 3.63) is 0 Å². The van der Waals surface area contributed by atoms with E-state index >= 15 is 0 Å². The fourth-order valence-electron chi connectivity index (χ4n) is 0.539. The van der Waals surface area contributed by atoms with Crippen LogP contribution in [-0.4, -0.2) is 33.6 Å². The summed E-state index contributed by atoms with van der Waals surface area (Å²) in [6.45, 7) is 2.78. The van der Waals surface area contributed by atoms with Crippen LogP contribution in [0.25, 0.3) is 0 Å². The molecule has 3 nitrogen and oxygen atoms in total. The molecule has 0 aliphatic carbocycles. The zero-order valence-electron chi connectivity index (χ0n) is 5.83. The van der Waals surface area contributed by atoms with Crippen molar-refractivity contribution < 1.29 is 15.3 Å². The average molecular weight is 134 g/mol. The standard InChI is InChI=1S/C6H14O3/c1-3-6(9,4-7)5(2)8/h5,7-9H,3-4H2,1-2H3. The Balaban J connectivity index is 3.92. The maximum Gasteiger partial charge on any atom is 0.113 e. The highest BCUT2D eigenvalue weighted by atomic mass is 16.4. The smallest absolute Gasteiger partial charge is 0.113 e. The molecule has 2 atom stereocenters. The number of hydrogen-bond acceptors (Lipinski definition) is 3. The average Bonchev–Trinajstić information content (AvgIpc) is 1.86. The van der Waals surface area contributed by atoms with Crippen LogP contribution in [0.4, 0.5) is 0 Å². The topological polar surface area (TPSA) is 60.7 Å². The molecule has 0 saturated heterocycles. The molecule has 56 valence electrons. The molecule has 0 rings (SSSR count). The van der Waals surface area contributed by atoms with E-state index in [0.717, 1.165) is 0 Å². The predicted molar refractivity (Wildman–Crippen MR) is 34.0 cm³/mol. The van der Waals surface area contributed by atoms with Gasteiger partial charge in [-0.2, -0.15) is 0 Å². The molecule has 2 unspecified atom stereocenters.